The SMILES string of the molecule is CC[C@@H](C)Oc1ccc(/C=C2\C(=O)NC(=O)N(c3ccc(Cl)cc3Cl)C2=O)cc1Cl. The van der Waals surface area contributed by atoms with Gasteiger partial charge in [0.25, 0.3) is 11.8 Å². The zero-order valence-corrected chi connectivity index (χ0v) is 18.3. The second-order valence-corrected chi connectivity index (χ2v) is 7.83. The number of urea groups is 1. The summed E-state index contributed by atoms with van der Waals surface area (Å²) in [7, 11) is 0. The molecule has 1 saturated heterocycles. The summed E-state index contributed by atoms with van der Waals surface area (Å²) >= 11 is 18.3. The number of carbonyl (C=O) groups excluding carboxylic acids is 3. The van der Waals surface area contributed by atoms with Crippen LogP contribution < -0.4 is 15.0 Å². The maximum Gasteiger partial charge on any atom is 0.335 e. The van der Waals surface area contributed by atoms with E-state index < -0.39 is 17.8 Å². The first-order valence-electron chi connectivity index (χ1n) is 9.04. The Morgan fingerprint density at radius 1 is 1.07 bits per heavy atom. The van der Waals surface area contributed by atoms with Gasteiger partial charge in [-0.3, -0.25) is 14.9 Å². The molecule has 30 heavy (non-hydrogen) atoms. The van der Waals surface area contributed by atoms with E-state index in [0.717, 1.165) is 11.3 Å². The normalized spacial score (nSPS) is 16.6. The molecule has 9 heteroatoms. The Bertz CT molecular complexity index is 1070. The number of halogens is 3. The van der Waals surface area contributed by atoms with Gasteiger partial charge in [0.2, 0.25) is 0 Å². The summed E-state index contributed by atoms with van der Waals surface area (Å²) < 4.78 is 5.72. The van der Waals surface area contributed by atoms with E-state index in [1.165, 1.54) is 24.3 Å². The van der Waals surface area contributed by atoms with Gasteiger partial charge < -0.3 is 4.74 Å². The second kappa shape index (κ2) is 9.08. The molecule has 0 unspecified atom stereocenters. The van der Waals surface area contributed by atoms with Crippen molar-refractivity contribution < 1.29 is 19.1 Å². The molecule has 0 spiro atoms. The molecular formula is C21H17Cl3N2O4. The zero-order valence-electron chi connectivity index (χ0n) is 16.0. The van der Waals surface area contributed by atoms with Gasteiger partial charge in [-0.05, 0) is 55.3 Å². The van der Waals surface area contributed by atoms with Gasteiger partial charge in [-0.1, -0.05) is 47.8 Å². The summed E-state index contributed by atoms with van der Waals surface area (Å²) in [5.41, 5.74) is 0.357. The molecule has 156 valence electrons. The first-order valence-corrected chi connectivity index (χ1v) is 10.2. The quantitative estimate of drug-likeness (QED) is 0.466. The first kappa shape index (κ1) is 22.2. The molecule has 6 nitrogen and oxygen atoms in total. The number of hydrogen-bond acceptors (Lipinski definition) is 4. The van der Waals surface area contributed by atoms with Crippen LogP contribution in [0.5, 0.6) is 5.75 Å². The molecule has 0 aromatic heterocycles. The summed E-state index contributed by atoms with van der Waals surface area (Å²) in [5.74, 6) is -1.14. The average Bonchev–Trinajstić information content (AvgIpc) is 2.68. The number of amides is 4. The fraction of sp³-hybridized carbons (Fsp3) is 0.190. The summed E-state index contributed by atoms with van der Waals surface area (Å²) in [5, 5.41) is 2.91. The largest absolute Gasteiger partial charge is 0.489 e. The lowest BCUT2D eigenvalue weighted by Crippen LogP contribution is -2.54. The number of nitrogens with zero attached hydrogens (tertiary/aromatic N) is 1. The Labute approximate surface area is 188 Å². The van der Waals surface area contributed by atoms with Crippen molar-refractivity contribution in [1.29, 1.82) is 0 Å². The molecule has 1 N–H and O–H groups in total. The van der Waals surface area contributed by atoms with Gasteiger partial charge in [-0.25, -0.2) is 9.69 Å². The van der Waals surface area contributed by atoms with Crippen molar-refractivity contribution in [3.8, 4) is 5.75 Å². The average molecular weight is 468 g/mol. The Kier molecular flexibility index (Phi) is 6.71. The Balaban J connectivity index is 1.95. The number of imide groups is 2. The lowest BCUT2D eigenvalue weighted by atomic mass is 10.1. The third-order valence-electron chi connectivity index (χ3n) is 4.42. The maximum absolute atomic E-state index is 13.0. The van der Waals surface area contributed by atoms with Crippen LogP contribution in [0.4, 0.5) is 10.5 Å². The van der Waals surface area contributed by atoms with Crippen molar-refractivity contribution in [2.45, 2.75) is 26.4 Å². The molecule has 0 aliphatic carbocycles. The fourth-order valence-corrected chi connectivity index (χ4v) is 3.43. The highest BCUT2D eigenvalue weighted by atomic mass is 35.5. The lowest BCUT2D eigenvalue weighted by molar-refractivity contribution is -0.122. The minimum atomic E-state index is -0.901. The number of rotatable bonds is 5. The van der Waals surface area contributed by atoms with Gasteiger partial charge in [0.15, 0.2) is 0 Å². The summed E-state index contributed by atoms with van der Waals surface area (Å²) in [6.45, 7) is 3.91. The van der Waals surface area contributed by atoms with Gasteiger partial charge >= 0.3 is 6.03 Å². The molecule has 4 amide bonds. The van der Waals surface area contributed by atoms with Gasteiger partial charge in [0.05, 0.1) is 21.8 Å². The molecular weight excluding hydrogens is 451 g/mol. The smallest absolute Gasteiger partial charge is 0.335 e. The molecule has 1 fully saturated rings. The fourth-order valence-electron chi connectivity index (χ4n) is 2.71. The Morgan fingerprint density at radius 2 is 1.80 bits per heavy atom. The van der Waals surface area contributed by atoms with E-state index in [-0.39, 0.29) is 22.4 Å². The van der Waals surface area contributed by atoms with Crippen molar-refractivity contribution >= 4 is 64.4 Å². The van der Waals surface area contributed by atoms with Gasteiger partial charge in [0, 0.05) is 5.02 Å². The van der Waals surface area contributed by atoms with Gasteiger partial charge in [-0.15, -0.1) is 0 Å². The van der Waals surface area contributed by atoms with Crippen molar-refractivity contribution in [2.75, 3.05) is 4.90 Å². The number of nitrogens with one attached hydrogen (secondary N) is 1. The van der Waals surface area contributed by atoms with Crippen LogP contribution in [0.15, 0.2) is 42.0 Å². The topological polar surface area (TPSA) is 75.7 Å². The summed E-state index contributed by atoms with van der Waals surface area (Å²) in [6.07, 6.45) is 2.15. The summed E-state index contributed by atoms with van der Waals surface area (Å²) in [4.78, 5) is 38.3. The monoisotopic (exact) mass is 466 g/mol. The number of benzene rings is 2. The number of anilines is 1. The van der Waals surface area contributed by atoms with Crippen molar-refractivity contribution in [2.24, 2.45) is 0 Å². The molecule has 2 aromatic rings. The molecule has 0 bridgehead atoms. The molecule has 3 rings (SSSR count). The zero-order chi connectivity index (χ0) is 22.0. The van der Waals surface area contributed by atoms with E-state index in [2.05, 4.69) is 5.32 Å². The first-order chi connectivity index (χ1) is 14.2. The van der Waals surface area contributed by atoms with E-state index >= 15 is 0 Å². The molecule has 1 aliphatic rings. The van der Waals surface area contributed by atoms with E-state index in [4.69, 9.17) is 39.5 Å². The second-order valence-electron chi connectivity index (χ2n) is 6.58. The van der Waals surface area contributed by atoms with Crippen LogP contribution in [0.2, 0.25) is 15.1 Å². The van der Waals surface area contributed by atoms with E-state index in [0.29, 0.717) is 21.4 Å². The van der Waals surface area contributed by atoms with Crippen LogP contribution in [0.25, 0.3) is 6.08 Å². The van der Waals surface area contributed by atoms with Gasteiger partial charge in [0.1, 0.15) is 11.3 Å². The highest BCUT2D eigenvalue weighted by molar-refractivity contribution is 6.42. The van der Waals surface area contributed by atoms with Crippen LogP contribution in [0, 0.1) is 0 Å². The van der Waals surface area contributed by atoms with Crippen LogP contribution in [-0.2, 0) is 9.59 Å². The highest BCUT2D eigenvalue weighted by Gasteiger charge is 2.37. The predicted octanol–water partition coefficient (Wildman–Crippen LogP) is 5.49. The van der Waals surface area contributed by atoms with Crippen LogP contribution in [0.3, 0.4) is 0 Å². The molecule has 1 aliphatic heterocycles. The highest BCUT2D eigenvalue weighted by Crippen LogP contribution is 2.32. The Morgan fingerprint density at radius 3 is 2.43 bits per heavy atom. The van der Waals surface area contributed by atoms with Crippen LogP contribution >= 0.6 is 34.8 Å². The molecule has 2 aromatic carbocycles. The van der Waals surface area contributed by atoms with E-state index in [1.807, 2.05) is 13.8 Å². The molecule has 0 saturated carbocycles. The third-order valence-corrected chi connectivity index (χ3v) is 5.26. The molecule has 1 heterocycles. The standard InChI is InChI=1S/C21H17Cl3N2O4/c1-3-11(2)30-18-7-4-12(9-16(18)24)8-14-19(27)25-21(29)26(20(14)28)17-6-5-13(22)10-15(17)23/h4-11H,3H2,1-2H3,(H,25,27,29)/b14-8+/t11-/m1/s1. The maximum atomic E-state index is 13.0. The Hall–Kier alpha value is -2.54. The number of barbiturate groups is 1. The molecule has 0 radical (unpaired) electrons. The number of carbonyl (C=O) groups is 3. The van der Waals surface area contributed by atoms with E-state index in [9.17, 15) is 14.4 Å². The van der Waals surface area contributed by atoms with E-state index in [1.54, 1.807) is 18.2 Å². The number of hydrogen-bond donors (Lipinski definition) is 1. The van der Waals surface area contributed by atoms with Crippen molar-refractivity contribution in [1.82, 2.24) is 5.32 Å². The van der Waals surface area contributed by atoms with Crippen molar-refractivity contribution in [3.05, 3.63) is 62.6 Å². The minimum Gasteiger partial charge on any atom is -0.489 e. The number of ether oxygens (including phenoxy) is 1. The van der Waals surface area contributed by atoms with Crippen LogP contribution in [-0.4, -0.2) is 23.9 Å². The lowest BCUT2D eigenvalue weighted by Gasteiger charge is -2.27. The van der Waals surface area contributed by atoms with Gasteiger partial charge in [-0.2, -0.15) is 0 Å². The summed E-state index contributed by atoms with van der Waals surface area (Å²) in [6, 6.07) is 8.30. The minimum absolute atomic E-state index is 0.0129. The molecule has 1 atom stereocenters. The third kappa shape index (κ3) is 4.61. The van der Waals surface area contributed by atoms with Crippen molar-refractivity contribution in [3.63, 3.8) is 0 Å². The predicted molar refractivity (Wildman–Crippen MR) is 117 cm³/mol. The van der Waals surface area contributed by atoms with Crippen LogP contribution in [0.1, 0.15) is 25.8 Å².